The van der Waals surface area contributed by atoms with E-state index < -0.39 is 10.6 Å². The smallest absolute Gasteiger partial charge is 0.229 e. The van der Waals surface area contributed by atoms with Crippen molar-refractivity contribution in [1.29, 1.82) is 4.78 Å². The lowest BCUT2D eigenvalue weighted by Crippen LogP contribution is -2.03. The minimum Gasteiger partial charge on any atom is -0.440 e. The summed E-state index contributed by atoms with van der Waals surface area (Å²) in [5.74, 6) is 6.64. The lowest BCUT2D eigenvalue weighted by molar-refractivity contribution is 0.599. The van der Waals surface area contributed by atoms with Crippen molar-refractivity contribution < 1.29 is 8.60 Å². The molecule has 0 radical (unpaired) electrons. The Morgan fingerprint density at radius 1 is 1.14 bits per heavy atom. The van der Waals surface area contributed by atoms with Crippen molar-refractivity contribution in [2.24, 2.45) is 0 Å². The molecule has 3 aromatic rings. The van der Waals surface area contributed by atoms with Crippen LogP contribution in [0.5, 0.6) is 0 Å². The maximum Gasteiger partial charge on any atom is 0.229 e. The fraction of sp³-hybridized carbons (Fsp3) is 0.100. The molecule has 1 heterocycles. The number of nitrogens with one attached hydrogen (secondary N) is 3. The lowest BCUT2D eigenvalue weighted by atomic mass is 10.1. The maximum atomic E-state index is 13.4. The van der Waals surface area contributed by atoms with E-state index in [1.165, 1.54) is 6.07 Å². The highest BCUT2D eigenvalue weighted by Gasteiger charge is 2.05. The summed E-state index contributed by atoms with van der Waals surface area (Å²) >= 11 is 0. The van der Waals surface area contributed by atoms with E-state index in [1.807, 2.05) is 0 Å². The average Bonchev–Trinajstić information content (AvgIpc) is 2.69. The third-order valence-corrected chi connectivity index (χ3v) is 4.55. The molecule has 1 aromatic heterocycles. The minimum atomic E-state index is -1.77. The second kappa shape index (κ2) is 8.50. The van der Waals surface area contributed by atoms with Gasteiger partial charge in [0.1, 0.15) is 11.6 Å². The van der Waals surface area contributed by atoms with Gasteiger partial charge in [0.25, 0.3) is 0 Å². The van der Waals surface area contributed by atoms with Gasteiger partial charge in [0.05, 0.1) is 11.8 Å². The van der Waals surface area contributed by atoms with Gasteiger partial charge in [-0.05, 0) is 42.8 Å². The zero-order chi connectivity index (χ0) is 20.1. The largest absolute Gasteiger partial charge is 0.440 e. The Labute approximate surface area is 164 Å². The molecule has 0 bridgehead atoms. The molecule has 0 spiro atoms. The second-order valence-electron chi connectivity index (χ2n) is 5.84. The quantitative estimate of drug-likeness (QED) is 0.456. The van der Waals surface area contributed by atoms with Crippen LogP contribution in [-0.4, -0.2) is 17.0 Å². The van der Waals surface area contributed by atoms with E-state index in [1.54, 1.807) is 56.6 Å². The number of rotatable bonds is 4. The van der Waals surface area contributed by atoms with Crippen molar-refractivity contribution >= 4 is 28.0 Å². The Morgan fingerprint density at radius 2 is 1.89 bits per heavy atom. The predicted molar refractivity (Wildman–Crippen MR) is 107 cm³/mol. The molecule has 0 atom stereocenters. The van der Waals surface area contributed by atoms with Crippen LogP contribution >= 0.6 is 0 Å². The Kier molecular flexibility index (Phi) is 5.87. The van der Waals surface area contributed by atoms with Crippen LogP contribution in [0.2, 0.25) is 0 Å². The Morgan fingerprint density at radius 3 is 2.54 bits per heavy atom. The first kappa shape index (κ1) is 19.3. The summed E-state index contributed by atoms with van der Waals surface area (Å²) in [6, 6.07) is 11.3. The van der Waals surface area contributed by atoms with Gasteiger partial charge in [-0.25, -0.2) is 9.37 Å². The molecule has 0 saturated carbocycles. The zero-order valence-electron chi connectivity index (χ0n) is 15.2. The van der Waals surface area contributed by atoms with Gasteiger partial charge in [0, 0.05) is 18.3 Å². The fourth-order valence-electron chi connectivity index (χ4n) is 2.38. The van der Waals surface area contributed by atoms with Crippen LogP contribution in [0.4, 0.5) is 21.8 Å². The summed E-state index contributed by atoms with van der Waals surface area (Å²) in [6.45, 7) is 1.69. The standard InChI is InChI=1S/C20H17FN5OS/c1-13-11-14(4-10-18(13)21)3-5-15-12-24-20(26-19(15)23-2)25-16-6-8-17(9-7-16)28(22)27/h4,6-12,22H,1-2H3,(H2,23,24,25,26)/q-1. The molecule has 142 valence electrons. The molecule has 0 unspecified atom stereocenters. The first-order chi connectivity index (χ1) is 13.5. The van der Waals surface area contributed by atoms with Crippen LogP contribution in [0.15, 0.2) is 53.6 Å². The number of benzene rings is 2. The van der Waals surface area contributed by atoms with Gasteiger partial charge in [-0.15, -0.1) is 0 Å². The molecule has 3 N–H and O–H groups in total. The van der Waals surface area contributed by atoms with Crippen LogP contribution < -0.4 is 10.6 Å². The first-order valence-corrected chi connectivity index (χ1v) is 9.44. The Hall–Kier alpha value is -3.44. The van der Waals surface area contributed by atoms with Gasteiger partial charge in [-0.3, -0.25) is 0 Å². The molecule has 8 heteroatoms. The molecule has 28 heavy (non-hydrogen) atoms. The summed E-state index contributed by atoms with van der Waals surface area (Å²) < 4.78 is 31.7. The van der Waals surface area contributed by atoms with Crippen LogP contribution in [0.1, 0.15) is 16.7 Å². The number of hydrogen-bond donors (Lipinski definition) is 3. The van der Waals surface area contributed by atoms with Crippen LogP contribution in [0, 0.1) is 29.4 Å². The van der Waals surface area contributed by atoms with Gasteiger partial charge in [0.15, 0.2) is 0 Å². The average molecular weight is 394 g/mol. The molecule has 0 aliphatic carbocycles. The lowest BCUT2D eigenvalue weighted by Gasteiger charge is -2.09. The fourth-order valence-corrected chi connectivity index (χ4v) is 2.76. The van der Waals surface area contributed by atoms with E-state index >= 15 is 0 Å². The zero-order valence-corrected chi connectivity index (χ0v) is 16.0. The Bertz CT molecular complexity index is 1140. The van der Waals surface area contributed by atoms with Gasteiger partial charge in [0.2, 0.25) is 5.95 Å². The highest BCUT2D eigenvalue weighted by molar-refractivity contribution is 7.73. The number of nitrogens with zero attached hydrogens (tertiary/aromatic N) is 2. The van der Waals surface area contributed by atoms with Crippen molar-refractivity contribution in [3.63, 3.8) is 0 Å². The number of hydrogen-bond acceptors (Lipinski definition) is 7. The van der Waals surface area contributed by atoms with E-state index in [0.717, 1.165) is 0 Å². The minimum absolute atomic E-state index is 0.262. The van der Waals surface area contributed by atoms with Crippen molar-refractivity contribution in [2.75, 3.05) is 17.7 Å². The van der Waals surface area contributed by atoms with E-state index in [0.29, 0.717) is 39.0 Å². The van der Waals surface area contributed by atoms with Crippen LogP contribution in [0.25, 0.3) is 0 Å². The molecule has 3 rings (SSSR count). The van der Waals surface area contributed by atoms with Crippen molar-refractivity contribution in [3.8, 4) is 11.8 Å². The highest BCUT2D eigenvalue weighted by atomic mass is 32.2. The van der Waals surface area contributed by atoms with Gasteiger partial charge in [-0.2, -0.15) is 15.6 Å². The molecule has 0 amide bonds. The van der Waals surface area contributed by atoms with Crippen molar-refractivity contribution in [1.82, 2.24) is 9.97 Å². The van der Waals surface area contributed by atoms with E-state index in [-0.39, 0.29) is 5.82 Å². The predicted octanol–water partition coefficient (Wildman–Crippen LogP) is 4.19. The SMILES string of the molecule is CNc1nc(Nc2ccc([S-](=N)=O)cc2)ncc1C#Cc1ccc(F)c(C)c1. The Balaban J connectivity index is 1.82. The van der Waals surface area contributed by atoms with Gasteiger partial charge >= 0.3 is 0 Å². The normalized spacial score (nSPS) is 10.3. The van der Waals surface area contributed by atoms with E-state index in [2.05, 4.69) is 32.4 Å². The van der Waals surface area contributed by atoms with Gasteiger partial charge < -0.3 is 19.6 Å². The van der Waals surface area contributed by atoms with Crippen molar-refractivity contribution in [3.05, 3.63) is 71.2 Å². The molecule has 6 nitrogen and oxygen atoms in total. The number of aryl methyl sites for hydroxylation is 1. The number of anilines is 3. The molecule has 0 saturated heterocycles. The molecule has 0 aliphatic heterocycles. The second-order valence-corrected chi connectivity index (χ2v) is 6.85. The van der Waals surface area contributed by atoms with Crippen molar-refractivity contribution in [2.45, 2.75) is 11.8 Å². The van der Waals surface area contributed by atoms with Crippen LogP contribution in [0.3, 0.4) is 0 Å². The summed E-state index contributed by atoms with van der Waals surface area (Å²) in [6.07, 6.45) is 1.60. The third kappa shape index (κ3) is 4.64. The summed E-state index contributed by atoms with van der Waals surface area (Å²) in [4.78, 5) is 9.08. The number of halogens is 1. The summed E-state index contributed by atoms with van der Waals surface area (Å²) in [5.41, 5.74) is 2.55. The topological polar surface area (TPSA) is 90.8 Å². The molecule has 2 aromatic carbocycles. The van der Waals surface area contributed by atoms with Crippen LogP contribution in [-0.2, 0) is 14.8 Å². The monoisotopic (exact) mass is 394 g/mol. The molecule has 0 aliphatic rings. The van der Waals surface area contributed by atoms with E-state index in [4.69, 9.17) is 4.78 Å². The van der Waals surface area contributed by atoms with Gasteiger partial charge in [-0.1, -0.05) is 28.9 Å². The summed E-state index contributed by atoms with van der Waals surface area (Å²) in [7, 11) is -0.0343. The summed E-state index contributed by atoms with van der Waals surface area (Å²) in [5, 5.41) is 6.03. The number of aromatic nitrogens is 2. The molecule has 0 fully saturated rings. The van der Waals surface area contributed by atoms with E-state index in [9.17, 15) is 8.60 Å². The maximum absolute atomic E-state index is 13.4. The molecular formula is C20H17FN5OS-. The molecular weight excluding hydrogens is 377 g/mol. The first-order valence-electron chi connectivity index (χ1n) is 8.29. The third-order valence-electron chi connectivity index (χ3n) is 3.85. The highest BCUT2D eigenvalue weighted by Crippen LogP contribution is 2.18.